The van der Waals surface area contributed by atoms with Crippen molar-refractivity contribution in [1.29, 1.82) is 0 Å². The molecule has 0 aromatic heterocycles. The number of carbonyl (C=O) groups excluding carboxylic acids is 1. The molecule has 3 aromatic carbocycles. The largest absolute Gasteiger partial charge is 0.497 e. The highest BCUT2D eigenvalue weighted by molar-refractivity contribution is 5.92. The molecule has 24 heavy (non-hydrogen) atoms. The van der Waals surface area contributed by atoms with E-state index in [-0.39, 0.29) is 0 Å². The zero-order valence-electron chi connectivity index (χ0n) is 13.5. The van der Waals surface area contributed by atoms with Gasteiger partial charge in [0.15, 0.2) is 0 Å². The molecule has 0 unspecified atom stereocenters. The summed E-state index contributed by atoms with van der Waals surface area (Å²) in [4.78, 5) is 10.9. The van der Waals surface area contributed by atoms with Gasteiger partial charge in [-0.3, -0.25) is 4.79 Å². The van der Waals surface area contributed by atoms with E-state index in [2.05, 4.69) is 18.2 Å². The van der Waals surface area contributed by atoms with Crippen molar-refractivity contribution in [2.75, 3.05) is 7.11 Å². The maximum Gasteiger partial charge on any atom is 0.150 e. The van der Waals surface area contributed by atoms with E-state index in [9.17, 15) is 4.79 Å². The first kappa shape index (κ1) is 15.8. The zero-order valence-corrected chi connectivity index (χ0v) is 13.5. The Balaban J connectivity index is 2.08. The summed E-state index contributed by atoms with van der Waals surface area (Å²) in [5.74, 6) is 0.828. The van der Waals surface area contributed by atoms with Crippen LogP contribution in [0.2, 0.25) is 0 Å². The molecule has 0 spiro atoms. The Morgan fingerprint density at radius 2 is 1.33 bits per heavy atom. The van der Waals surface area contributed by atoms with Gasteiger partial charge in [0, 0.05) is 5.56 Å². The van der Waals surface area contributed by atoms with Crippen molar-refractivity contribution in [3.63, 3.8) is 0 Å². The Morgan fingerprint density at radius 1 is 0.750 bits per heavy atom. The summed E-state index contributed by atoms with van der Waals surface area (Å²) >= 11 is 0. The van der Waals surface area contributed by atoms with Gasteiger partial charge in [0.1, 0.15) is 12.0 Å². The minimum absolute atomic E-state index is 0.674. The van der Waals surface area contributed by atoms with Crippen molar-refractivity contribution >= 4 is 17.9 Å². The molecule has 118 valence electrons. The molecule has 0 saturated heterocycles. The smallest absolute Gasteiger partial charge is 0.150 e. The van der Waals surface area contributed by atoms with Crippen molar-refractivity contribution in [1.82, 2.24) is 0 Å². The fraction of sp³-hybridized carbons (Fsp3) is 0.0455. The SMILES string of the molecule is COc1ccc(/C(=C/c2ccccc2)c2ccc(C=O)cc2)cc1. The number of carbonyl (C=O) groups is 1. The lowest BCUT2D eigenvalue weighted by Gasteiger charge is -2.10. The summed E-state index contributed by atoms with van der Waals surface area (Å²) < 4.78 is 5.24. The van der Waals surface area contributed by atoms with Crippen LogP contribution in [0, 0.1) is 0 Å². The van der Waals surface area contributed by atoms with E-state index in [1.54, 1.807) is 7.11 Å². The van der Waals surface area contributed by atoms with Gasteiger partial charge in [0.05, 0.1) is 7.11 Å². The van der Waals surface area contributed by atoms with Crippen LogP contribution in [0.25, 0.3) is 11.6 Å². The van der Waals surface area contributed by atoms with E-state index in [1.165, 1.54) is 0 Å². The van der Waals surface area contributed by atoms with Gasteiger partial charge in [-0.1, -0.05) is 66.7 Å². The lowest BCUT2D eigenvalue weighted by Crippen LogP contribution is -1.90. The standard InChI is InChI=1S/C22H18O2/c1-24-21-13-11-20(12-14-21)22(15-17-5-3-2-4-6-17)19-9-7-18(16-23)8-10-19/h2-16H,1H3/b22-15+. The summed E-state index contributed by atoms with van der Waals surface area (Å²) in [5, 5.41) is 0. The third-order valence-corrected chi connectivity index (χ3v) is 3.87. The third kappa shape index (κ3) is 3.61. The first-order valence-electron chi connectivity index (χ1n) is 7.77. The van der Waals surface area contributed by atoms with Gasteiger partial charge >= 0.3 is 0 Å². The average Bonchev–Trinajstić information content (AvgIpc) is 2.67. The number of benzene rings is 3. The predicted molar refractivity (Wildman–Crippen MR) is 98.2 cm³/mol. The number of rotatable bonds is 5. The van der Waals surface area contributed by atoms with E-state index < -0.39 is 0 Å². The fourth-order valence-corrected chi connectivity index (χ4v) is 2.56. The maximum atomic E-state index is 10.9. The highest BCUT2D eigenvalue weighted by Gasteiger charge is 2.06. The normalized spacial score (nSPS) is 11.1. The number of hydrogen-bond acceptors (Lipinski definition) is 2. The highest BCUT2D eigenvalue weighted by Crippen LogP contribution is 2.27. The quantitative estimate of drug-likeness (QED) is 0.484. The van der Waals surface area contributed by atoms with Crippen molar-refractivity contribution < 1.29 is 9.53 Å². The van der Waals surface area contributed by atoms with E-state index in [1.807, 2.05) is 66.7 Å². The lowest BCUT2D eigenvalue weighted by molar-refractivity contribution is 0.112. The monoisotopic (exact) mass is 314 g/mol. The Labute approximate surface area is 142 Å². The predicted octanol–water partition coefficient (Wildman–Crippen LogP) is 5.10. The number of hydrogen-bond donors (Lipinski definition) is 0. The molecule has 3 aromatic rings. The molecule has 2 nitrogen and oxygen atoms in total. The second-order valence-corrected chi connectivity index (χ2v) is 5.44. The molecule has 0 saturated carbocycles. The Morgan fingerprint density at radius 3 is 1.88 bits per heavy atom. The van der Waals surface area contributed by atoms with Crippen LogP contribution in [-0.4, -0.2) is 13.4 Å². The molecule has 0 aliphatic carbocycles. The van der Waals surface area contributed by atoms with Crippen molar-refractivity contribution in [3.8, 4) is 5.75 Å². The van der Waals surface area contributed by atoms with Crippen LogP contribution < -0.4 is 4.74 Å². The molecule has 0 atom stereocenters. The van der Waals surface area contributed by atoms with Crippen LogP contribution in [0.15, 0.2) is 78.9 Å². The summed E-state index contributed by atoms with van der Waals surface area (Å²) in [6.07, 6.45) is 3.01. The topological polar surface area (TPSA) is 26.3 Å². The number of methoxy groups -OCH3 is 1. The molecule has 2 heteroatoms. The lowest BCUT2D eigenvalue weighted by atomic mass is 9.95. The molecule has 0 aliphatic rings. The van der Waals surface area contributed by atoms with Crippen LogP contribution in [-0.2, 0) is 0 Å². The van der Waals surface area contributed by atoms with Crippen LogP contribution >= 0.6 is 0 Å². The maximum absolute atomic E-state index is 10.9. The first-order valence-corrected chi connectivity index (χ1v) is 7.77. The van der Waals surface area contributed by atoms with Crippen LogP contribution in [0.5, 0.6) is 5.75 Å². The molecule has 0 aliphatic heterocycles. The fourth-order valence-electron chi connectivity index (χ4n) is 2.56. The molecule has 0 fully saturated rings. The number of ether oxygens (including phenoxy) is 1. The van der Waals surface area contributed by atoms with Gasteiger partial charge in [-0.15, -0.1) is 0 Å². The van der Waals surface area contributed by atoms with Crippen LogP contribution in [0.3, 0.4) is 0 Å². The van der Waals surface area contributed by atoms with Gasteiger partial charge in [-0.25, -0.2) is 0 Å². The van der Waals surface area contributed by atoms with Gasteiger partial charge < -0.3 is 4.74 Å². The van der Waals surface area contributed by atoms with E-state index in [0.29, 0.717) is 5.56 Å². The second kappa shape index (κ2) is 7.42. The minimum Gasteiger partial charge on any atom is -0.497 e. The van der Waals surface area contributed by atoms with Gasteiger partial charge in [0.2, 0.25) is 0 Å². The Kier molecular flexibility index (Phi) is 4.87. The number of aldehydes is 1. The Hall–Kier alpha value is -3.13. The molecule has 0 radical (unpaired) electrons. The van der Waals surface area contributed by atoms with Gasteiger partial charge in [0.25, 0.3) is 0 Å². The molecule has 3 rings (SSSR count). The van der Waals surface area contributed by atoms with Gasteiger partial charge in [-0.2, -0.15) is 0 Å². The molecule has 0 bridgehead atoms. The van der Waals surface area contributed by atoms with Gasteiger partial charge in [-0.05, 0) is 40.5 Å². The molecule has 0 amide bonds. The Bertz CT molecular complexity index is 829. The average molecular weight is 314 g/mol. The van der Waals surface area contributed by atoms with E-state index >= 15 is 0 Å². The molecular formula is C22H18O2. The van der Waals surface area contributed by atoms with Crippen molar-refractivity contribution in [2.45, 2.75) is 0 Å². The second-order valence-electron chi connectivity index (χ2n) is 5.44. The molecule has 0 heterocycles. The minimum atomic E-state index is 0.674. The summed E-state index contributed by atoms with van der Waals surface area (Å²) in [7, 11) is 1.66. The van der Waals surface area contributed by atoms with E-state index in [4.69, 9.17) is 4.74 Å². The van der Waals surface area contributed by atoms with Crippen molar-refractivity contribution in [2.24, 2.45) is 0 Å². The van der Waals surface area contributed by atoms with Crippen LogP contribution in [0.4, 0.5) is 0 Å². The highest BCUT2D eigenvalue weighted by atomic mass is 16.5. The zero-order chi connectivity index (χ0) is 16.8. The third-order valence-electron chi connectivity index (χ3n) is 3.87. The van der Waals surface area contributed by atoms with E-state index in [0.717, 1.165) is 34.3 Å². The van der Waals surface area contributed by atoms with Crippen LogP contribution in [0.1, 0.15) is 27.0 Å². The summed E-state index contributed by atoms with van der Waals surface area (Å²) in [6.45, 7) is 0. The molecular weight excluding hydrogens is 296 g/mol. The van der Waals surface area contributed by atoms with Crippen molar-refractivity contribution in [3.05, 3.63) is 101 Å². The first-order chi connectivity index (χ1) is 11.8. The summed E-state index contributed by atoms with van der Waals surface area (Å²) in [5.41, 5.74) is 5.06. The summed E-state index contributed by atoms with van der Waals surface area (Å²) in [6, 6.07) is 25.8. The molecule has 0 N–H and O–H groups in total.